The number of amides is 1. The quantitative estimate of drug-likeness (QED) is 0.888. The van der Waals surface area contributed by atoms with E-state index in [4.69, 9.17) is 0 Å². The molecule has 2 aromatic heterocycles. The third kappa shape index (κ3) is 4.16. The van der Waals surface area contributed by atoms with Crippen LogP contribution in [0.25, 0.3) is 0 Å². The normalized spacial score (nSPS) is 12.6. The molecule has 2 heterocycles. The fraction of sp³-hybridized carbons (Fsp3) is 0.357. The lowest BCUT2D eigenvalue weighted by Gasteiger charge is -2.23. The van der Waals surface area contributed by atoms with Gasteiger partial charge in [0.15, 0.2) is 0 Å². The van der Waals surface area contributed by atoms with Gasteiger partial charge in [0.25, 0.3) is 0 Å². The van der Waals surface area contributed by atoms with Crippen LogP contribution < -0.4 is 5.32 Å². The second kappa shape index (κ2) is 6.84. The molecule has 19 heavy (non-hydrogen) atoms. The number of nitrogens with zero attached hydrogens (tertiary/aromatic N) is 1. The lowest BCUT2D eigenvalue weighted by atomic mass is 10.2. The second-order valence-corrected chi connectivity index (χ2v) is 6.47. The third-order valence-corrected chi connectivity index (χ3v) is 4.97. The van der Waals surface area contributed by atoms with Gasteiger partial charge in [0.05, 0.1) is 13.1 Å². The van der Waals surface area contributed by atoms with E-state index in [1.54, 1.807) is 22.7 Å². The van der Waals surface area contributed by atoms with Crippen LogP contribution in [-0.2, 0) is 11.3 Å². The van der Waals surface area contributed by atoms with Crippen LogP contribution in [-0.4, -0.2) is 24.4 Å². The van der Waals surface area contributed by atoms with E-state index in [0.717, 1.165) is 0 Å². The largest absolute Gasteiger partial charge is 0.350 e. The van der Waals surface area contributed by atoms with Crippen LogP contribution in [0, 0.1) is 0 Å². The molecular weight excluding hydrogens is 276 g/mol. The Morgan fingerprint density at radius 3 is 2.68 bits per heavy atom. The summed E-state index contributed by atoms with van der Waals surface area (Å²) in [6.45, 7) is 3.17. The molecule has 3 nitrogen and oxygen atoms in total. The first-order chi connectivity index (χ1) is 9.16. The number of nitrogens with one attached hydrogen (secondary N) is 1. The highest BCUT2D eigenvalue weighted by molar-refractivity contribution is 7.10. The number of likely N-dealkylation sites (N-methyl/N-ethyl adjacent to an activating group) is 1. The summed E-state index contributed by atoms with van der Waals surface area (Å²) in [6.07, 6.45) is 0. The molecule has 1 unspecified atom stereocenters. The van der Waals surface area contributed by atoms with E-state index < -0.39 is 0 Å². The maximum atomic E-state index is 11.9. The van der Waals surface area contributed by atoms with Crippen molar-refractivity contribution in [2.75, 3.05) is 13.6 Å². The molecule has 0 aromatic carbocycles. The van der Waals surface area contributed by atoms with Crippen LogP contribution in [0.3, 0.4) is 0 Å². The van der Waals surface area contributed by atoms with Crippen LogP contribution >= 0.6 is 22.7 Å². The van der Waals surface area contributed by atoms with Gasteiger partial charge in [-0.25, -0.2) is 0 Å². The Bertz CT molecular complexity index is 494. The first-order valence-corrected chi connectivity index (χ1v) is 7.95. The Kier molecular flexibility index (Phi) is 5.13. The van der Waals surface area contributed by atoms with Gasteiger partial charge in [0.1, 0.15) is 0 Å². The van der Waals surface area contributed by atoms with Crippen molar-refractivity contribution in [3.8, 4) is 0 Å². The first kappa shape index (κ1) is 14.2. The maximum Gasteiger partial charge on any atom is 0.234 e. The standard InChI is InChI=1S/C14H18N2OS2/c1-11(13-6-4-8-19-13)16(2)10-14(17)15-9-12-5-3-7-18-12/h3-8,11H,9-10H2,1-2H3,(H,15,17). The van der Waals surface area contributed by atoms with E-state index in [9.17, 15) is 4.79 Å². The maximum absolute atomic E-state index is 11.9. The zero-order chi connectivity index (χ0) is 13.7. The van der Waals surface area contributed by atoms with E-state index in [0.29, 0.717) is 13.1 Å². The predicted molar refractivity (Wildman–Crippen MR) is 81.5 cm³/mol. The molecule has 0 fully saturated rings. The van der Waals surface area contributed by atoms with Gasteiger partial charge in [0, 0.05) is 15.8 Å². The minimum atomic E-state index is 0.0688. The van der Waals surface area contributed by atoms with Gasteiger partial charge in [-0.2, -0.15) is 0 Å². The SMILES string of the molecule is CC(c1cccs1)N(C)CC(=O)NCc1cccs1. The number of carbonyl (C=O) groups excluding carboxylic acids is 1. The number of thiophene rings is 2. The van der Waals surface area contributed by atoms with Crippen molar-refractivity contribution in [1.29, 1.82) is 0 Å². The summed E-state index contributed by atoms with van der Waals surface area (Å²) >= 11 is 3.39. The molecule has 0 bridgehead atoms. The molecule has 1 atom stereocenters. The summed E-state index contributed by atoms with van der Waals surface area (Å²) in [6, 6.07) is 8.45. The Morgan fingerprint density at radius 1 is 1.32 bits per heavy atom. The van der Waals surface area contributed by atoms with Crippen molar-refractivity contribution in [2.24, 2.45) is 0 Å². The molecular formula is C14H18N2OS2. The highest BCUT2D eigenvalue weighted by Gasteiger charge is 2.15. The van der Waals surface area contributed by atoms with E-state index in [1.807, 2.05) is 30.6 Å². The van der Waals surface area contributed by atoms with Gasteiger partial charge < -0.3 is 5.32 Å². The Balaban J connectivity index is 1.78. The summed E-state index contributed by atoms with van der Waals surface area (Å²) in [5.41, 5.74) is 0. The molecule has 2 rings (SSSR count). The van der Waals surface area contributed by atoms with E-state index in [1.165, 1.54) is 9.75 Å². The summed E-state index contributed by atoms with van der Waals surface area (Å²) in [4.78, 5) is 16.4. The third-order valence-electron chi connectivity index (χ3n) is 3.05. The monoisotopic (exact) mass is 294 g/mol. The van der Waals surface area contributed by atoms with Crippen molar-refractivity contribution < 1.29 is 4.79 Å². The second-order valence-electron chi connectivity index (χ2n) is 4.46. The molecule has 5 heteroatoms. The molecule has 0 saturated heterocycles. The zero-order valence-electron chi connectivity index (χ0n) is 11.1. The van der Waals surface area contributed by atoms with Gasteiger partial charge >= 0.3 is 0 Å². The minimum Gasteiger partial charge on any atom is -0.350 e. The molecule has 2 aromatic rings. The smallest absolute Gasteiger partial charge is 0.234 e. The molecule has 0 aliphatic rings. The fourth-order valence-electron chi connectivity index (χ4n) is 1.76. The van der Waals surface area contributed by atoms with E-state index >= 15 is 0 Å². The Morgan fingerprint density at radius 2 is 2.05 bits per heavy atom. The first-order valence-electron chi connectivity index (χ1n) is 6.19. The highest BCUT2D eigenvalue weighted by atomic mass is 32.1. The zero-order valence-corrected chi connectivity index (χ0v) is 12.8. The average Bonchev–Trinajstić information content (AvgIpc) is 3.08. The molecule has 0 spiro atoms. The van der Waals surface area contributed by atoms with Gasteiger partial charge in [-0.05, 0) is 36.9 Å². The van der Waals surface area contributed by atoms with Gasteiger partial charge in [-0.15, -0.1) is 22.7 Å². The molecule has 102 valence electrons. The molecule has 0 aliphatic carbocycles. The highest BCUT2D eigenvalue weighted by Crippen LogP contribution is 2.22. The van der Waals surface area contributed by atoms with Crippen LogP contribution in [0.4, 0.5) is 0 Å². The lowest BCUT2D eigenvalue weighted by molar-refractivity contribution is -0.122. The van der Waals surface area contributed by atoms with Crippen molar-refractivity contribution in [3.05, 3.63) is 44.8 Å². The fourth-order valence-corrected chi connectivity index (χ4v) is 3.26. The van der Waals surface area contributed by atoms with Crippen LogP contribution in [0.2, 0.25) is 0 Å². The van der Waals surface area contributed by atoms with Crippen molar-refractivity contribution in [3.63, 3.8) is 0 Å². The van der Waals surface area contributed by atoms with E-state index in [-0.39, 0.29) is 11.9 Å². The summed E-state index contributed by atoms with van der Waals surface area (Å²) in [5, 5.41) is 7.04. The van der Waals surface area contributed by atoms with Crippen molar-refractivity contribution in [2.45, 2.75) is 19.5 Å². The van der Waals surface area contributed by atoms with Crippen LogP contribution in [0.15, 0.2) is 35.0 Å². The number of rotatable bonds is 6. The number of hydrogen-bond donors (Lipinski definition) is 1. The lowest BCUT2D eigenvalue weighted by Crippen LogP contribution is -2.35. The van der Waals surface area contributed by atoms with Gasteiger partial charge in [-0.1, -0.05) is 12.1 Å². The van der Waals surface area contributed by atoms with Crippen LogP contribution in [0.1, 0.15) is 22.7 Å². The topological polar surface area (TPSA) is 32.3 Å². The summed E-state index contributed by atoms with van der Waals surface area (Å²) in [5.74, 6) is 0.0688. The van der Waals surface area contributed by atoms with Gasteiger partial charge in [0.2, 0.25) is 5.91 Å². The van der Waals surface area contributed by atoms with Crippen molar-refractivity contribution in [1.82, 2.24) is 10.2 Å². The molecule has 0 saturated carbocycles. The minimum absolute atomic E-state index is 0.0688. The molecule has 1 N–H and O–H groups in total. The Hall–Kier alpha value is -1.17. The Labute approximate surface area is 121 Å². The summed E-state index contributed by atoms with van der Waals surface area (Å²) < 4.78 is 0. The molecule has 0 aliphatic heterocycles. The van der Waals surface area contributed by atoms with E-state index in [2.05, 4.69) is 28.6 Å². The molecule has 0 radical (unpaired) electrons. The average molecular weight is 294 g/mol. The molecule has 1 amide bonds. The number of carbonyl (C=O) groups is 1. The number of hydrogen-bond acceptors (Lipinski definition) is 4. The van der Waals surface area contributed by atoms with Crippen LogP contribution in [0.5, 0.6) is 0 Å². The van der Waals surface area contributed by atoms with Crippen molar-refractivity contribution >= 4 is 28.6 Å². The summed E-state index contributed by atoms with van der Waals surface area (Å²) in [7, 11) is 1.98. The van der Waals surface area contributed by atoms with Gasteiger partial charge in [-0.3, -0.25) is 9.69 Å². The predicted octanol–water partition coefficient (Wildman–Crippen LogP) is 3.12.